The Morgan fingerprint density at radius 1 is 1.05 bits per heavy atom. The quantitative estimate of drug-likeness (QED) is 0.709. The van der Waals surface area contributed by atoms with E-state index in [1.807, 2.05) is 42.5 Å². The van der Waals surface area contributed by atoms with Gasteiger partial charge in [0.1, 0.15) is 0 Å². The first-order valence-corrected chi connectivity index (χ1v) is 6.21. The van der Waals surface area contributed by atoms with Gasteiger partial charge < -0.3 is 11.1 Å². The highest BCUT2D eigenvalue weighted by Crippen LogP contribution is 2.34. The molecule has 0 spiro atoms. The molecule has 3 N–H and O–H groups in total. The second kappa shape index (κ2) is 4.44. The van der Waals surface area contributed by atoms with Gasteiger partial charge in [0.2, 0.25) is 0 Å². The molecule has 0 atom stereocenters. The molecule has 0 bridgehead atoms. The molecule has 4 heteroatoms. The third-order valence-corrected chi connectivity index (χ3v) is 3.42. The van der Waals surface area contributed by atoms with Gasteiger partial charge in [0, 0.05) is 16.9 Å². The zero-order valence-electron chi connectivity index (χ0n) is 9.98. The van der Waals surface area contributed by atoms with Gasteiger partial charge in [0.05, 0.1) is 10.6 Å². The Labute approximate surface area is 115 Å². The maximum atomic E-state index is 11.6. The average Bonchev–Trinajstić information content (AvgIpc) is 2.57. The topological polar surface area (TPSA) is 55.1 Å². The summed E-state index contributed by atoms with van der Waals surface area (Å²) in [6.45, 7) is 0. The fraction of sp³-hybridized carbons (Fsp3) is 0. The van der Waals surface area contributed by atoms with Crippen LogP contribution >= 0.6 is 11.6 Å². The number of halogens is 1. The number of hydrogen-bond acceptors (Lipinski definition) is 2. The molecule has 19 heavy (non-hydrogen) atoms. The summed E-state index contributed by atoms with van der Waals surface area (Å²) >= 11 is 6.06. The van der Waals surface area contributed by atoms with E-state index in [-0.39, 0.29) is 0 Å². The summed E-state index contributed by atoms with van der Waals surface area (Å²) in [5, 5.41) is 3.66. The summed E-state index contributed by atoms with van der Waals surface area (Å²) in [5.74, 6) is -0.528. The number of nitrogens with one attached hydrogen (secondary N) is 1. The molecule has 0 saturated heterocycles. The van der Waals surface area contributed by atoms with Gasteiger partial charge in [-0.05, 0) is 23.8 Å². The van der Waals surface area contributed by atoms with Crippen LogP contribution < -0.4 is 11.1 Å². The first kappa shape index (κ1) is 11.8. The van der Waals surface area contributed by atoms with Gasteiger partial charge in [-0.2, -0.15) is 0 Å². The predicted molar refractivity (Wildman–Crippen MR) is 78.6 cm³/mol. The lowest BCUT2D eigenvalue weighted by molar-refractivity contribution is 0.100. The minimum Gasteiger partial charge on any atom is -0.366 e. The van der Waals surface area contributed by atoms with Crippen LogP contribution in [0.3, 0.4) is 0 Å². The van der Waals surface area contributed by atoms with Crippen molar-refractivity contribution >= 4 is 41.0 Å². The van der Waals surface area contributed by atoms with Crippen molar-refractivity contribution in [2.45, 2.75) is 0 Å². The summed E-state index contributed by atoms with van der Waals surface area (Å²) in [6, 6.07) is 11.4. The SMILES string of the molecule is NC(=O)c1c(Cl)ccc2c1C=Cc1ccccc1N2. The second-order valence-corrected chi connectivity index (χ2v) is 4.70. The Hall–Kier alpha value is -2.26. The zero-order chi connectivity index (χ0) is 13.4. The molecule has 1 amide bonds. The molecule has 0 aliphatic carbocycles. The number of amides is 1. The molecule has 3 nitrogen and oxygen atoms in total. The number of anilines is 2. The third-order valence-electron chi connectivity index (χ3n) is 3.10. The van der Waals surface area contributed by atoms with Crippen LogP contribution in [0, 0.1) is 0 Å². The fourth-order valence-electron chi connectivity index (χ4n) is 2.20. The van der Waals surface area contributed by atoms with Crippen molar-refractivity contribution in [1.82, 2.24) is 0 Å². The number of carbonyl (C=O) groups excluding carboxylic acids is 1. The van der Waals surface area contributed by atoms with E-state index in [0.717, 1.165) is 22.5 Å². The van der Waals surface area contributed by atoms with E-state index >= 15 is 0 Å². The molecule has 0 fully saturated rings. The normalized spacial score (nSPS) is 12.1. The molecule has 0 radical (unpaired) electrons. The Morgan fingerprint density at radius 2 is 1.84 bits per heavy atom. The summed E-state index contributed by atoms with van der Waals surface area (Å²) < 4.78 is 0. The molecule has 2 aromatic carbocycles. The fourth-order valence-corrected chi connectivity index (χ4v) is 2.46. The van der Waals surface area contributed by atoms with Gasteiger partial charge in [-0.3, -0.25) is 4.79 Å². The monoisotopic (exact) mass is 270 g/mol. The van der Waals surface area contributed by atoms with E-state index in [2.05, 4.69) is 5.32 Å². The van der Waals surface area contributed by atoms with Gasteiger partial charge in [0.15, 0.2) is 0 Å². The molecule has 3 rings (SSSR count). The predicted octanol–water partition coefficient (Wildman–Crippen LogP) is 3.67. The zero-order valence-corrected chi connectivity index (χ0v) is 10.7. The average molecular weight is 271 g/mol. The van der Waals surface area contributed by atoms with Crippen LogP contribution in [0.2, 0.25) is 5.02 Å². The molecule has 1 aliphatic heterocycles. The van der Waals surface area contributed by atoms with E-state index in [0.29, 0.717) is 10.6 Å². The van der Waals surface area contributed by atoms with E-state index in [1.165, 1.54) is 0 Å². The van der Waals surface area contributed by atoms with Crippen LogP contribution in [0.1, 0.15) is 21.5 Å². The van der Waals surface area contributed by atoms with E-state index < -0.39 is 5.91 Å². The Bertz CT molecular complexity index is 707. The molecule has 0 aromatic heterocycles. The third kappa shape index (κ3) is 1.98. The maximum absolute atomic E-state index is 11.6. The van der Waals surface area contributed by atoms with Crippen LogP contribution in [0.5, 0.6) is 0 Å². The van der Waals surface area contributed by atoms with Crippen LogP contribution in [0.15, 0.2) is 36.4 Å². The van der Waals surface area contributed by atoms with Gasteiger partial charge in [0.25, 0.3) is 5.91 Å². The minimum absolute atomic E-state index is 0.343. The van der Waals surface area contributed by atoms with Crippen molar-refractivity contribution < 1.29 is 4.79 Å². The summed E-state index contributed by atoms with van der Waals surface area (Å²) in [6.07, 6.45) is 3.80. The van der Waals surface area contributed by atoms with Crippen molar-refractivity contribution in [1.29, 1.82) is 0 Å². The lowest BCUT2D eigenvalue weighted by atomic mass is 10.0. The van der Waals surface area contributed by atoms with Crippen LogP contribution in [0.25, 0.3) is 12.2 Å². The number of carbonyl (C=O) groups is 1. The Kier molecular flexibility index (Phi) is 2.76. The number of hydrogen-bond donors (Lipinski definition) is 2. The highest BCUT2D eigenvalue weighted by Gasteiger charge is 2.17. The largest absolute Gasteiger partial charge is 0.366 e. The standard InChI is InChI=1S/C15H11ClN2O/c16-11-7-8-13-10(14(11)15(17)19)6-5-9-3-1-2-4-12(9)18-13/h1-8,18H,(H2,17,19). The van der Waals surface area contributed by atoms with Crippen molar-refractivity contribution in [2.24, 2.45) is 5.73 Å². The molecule has 0 saturated carbocycles. The molecule has 94 valence electrons. The highest BCUT2D eigenvalue weighted by atomic mass is 35.5. The van der Waals surface area contributed by atoms with Crippen molar-refractivity contribution in [3.63, 3.8) is 0 Å². The van der Waals surface area contributed by atoms with Gasteiger partial charge in [-0.25, -0.2) is 0 Å². The van der Waals surface area contributed by atoms with Crippen LogP contribution in [-0.2, 0) is 0 Å². The molecule has 1 aliphatic rings. The second-order valence-electron chi connectivity index (χ2n) is 4.29. The number of primary amides is 1. The molecule has 0 unspecified atom stereocenters. The van der Waals surface area contributed by atoms with E-state index in [9.17, 15) is 4.79 Å². The minimum atomic E-state index is -0.528. The van der Waals surface area contributed by atoms with Crippen molar-refractivity contribution in [3.05, 3.63) is 58.1 Å². The number of benzene rings is 2. The van der Waals surface area contributed by atoms with E-state index in [4.69, 9.17) is 17.3 Å². The summed E-state index contributed by atoms with van der Waals surface area (Å²) in [4.78, 5) is 11.6. The van der Waals surface area contributed by atoms with Crippen LogP contribution in [-0.4, -0.2) is 5.91 Å². The first-order valence-electron chi connectivity index (χ1n) is 5.83. The number of para-hydroxylation sites is 1. The molecule has 2 aromatic rings. The lowest BCUT2D eigenvalue weighted by Crippen LogP contribution is -2.14. The molecule has 1 heterocycles. The van der Waals surface area contributed by atoms with Crippen LogP contribution in [0.4, 0.5) is 11.4 Å². The summed E-state index contributed by atoms with van der Waals surface area (Å²) in [7, 11) is 0. The molecular weight excluding hydrogens is 260 g/mol. The smallest absolute Gasteiger partial charge is 0.250 e. The Balaban J connectivity index is 2.24. The number of nitrogens with two attached hydrogens (primary N) is 1. The molecular formula is C15H11ClN2O. The highest BCUT2D eigenvalue weighted by molar-refractivity contribution is 6.34. The van der Waals surface area contributed by atoms with Gasteiger partial charge in [-0.1, -0.05) is 42.0 Å². The van der Waals surface area contributed by atoms with Gasteiger partial charge in [-0.15, -0.1) is 0 Å². The first-order chi connectivity index (χ1) is 9.16. The van der Waals surface area contributed by atoms with E-state index in [1.54, 1.807) is 6.07 Å². The van der Waals surface area contributed by atoms with Gasteiger partial charge >= 0.3 is 0 Å². The Morgan fingerprint density at radius 3 is 2.63 bits per heavy atom. The number of fused-ring (bicyclic) bond motifs is 2. The maximum Gasteiger partial charge on any atom is 0.250 e. The number of rotatable bonds is 1. The summed E-state index contributed by atoms with van der Waals surface area (Å²) in [5.41, 5.74) is 9.32. The van der Waals surface area contributed by atoms with Crippen molar-refractivity contribution in [2.75, 3.05) is 5.32 Å². The lowest BCUT2D eigenvalue weighted by Gasteiger charge is -2.12. The van der Waals surface area contributed by atoms with Crippen molar-refractivity contribution in [3.8, 4) is 0 Å².